The first-order valence-electron chi connectivity index (χ1n) is 13.2. The average molecular weight is 553 g/mol. The van der Waals surface area contributed by atoms with Crippen molar-refractivity contribution < 1.29 is 28.2 Å². The van der Waals surface area contributed by atoms with Crippen molar-refractivity contribution in [1.29, 1.82) is 0 Å². The van der Waals surface area contributed by atoms with Crippen LogP contribution in [0.1, 0.15) is 35.3 Å². The van der Waals surface area contributed by atoms with Crippen LogP contribution in [0, 0.1) is 17.6 Å². The second-order valence-electron chi connectivity index (χ2n) is 10.3. The molecule has 1 aliphatic heterocycles. The van der Waals surface area contributed by atoms with Crippen molar-refractivity contribution in [3.63, 3.8) is 0 Å². The summed E-state index contributed by atoms with van der Waals surface area (Å²) < 4.78 is 32.7. The van der Waals surface area contributed by atoms with E-state index in [0.717, 1.165) is 11.1 Å². The summed E-state index contributed by atoms with van der Waals surface area (Å²) in [7, 11) is 1.62. The van der Waals surface area contributed by atoms with E-state index in [2.05, 4.69) is 10.3 Å². The topological polar surface area (TPSA) is 95.0 Å². The fraction of sp³-hybridized carbons (Fsp3) is 0.367. The zero-order valence-electron chi connectivity index (χ0n) is 22.8. The number of halogens is 2. The van der Waals surface area contributed by atoms with Crippen LogP contribution in [-0.2, 0) is 12.8 Å². The molecule has 1 aliphatic rings. The van der Waals surface area contributed by atoms with Gasteiger partial charge in [-0.25, -0.2) is 18.6 Å². The molecule has 0 unspecified atom stereocenters. The van der Waals surface area contributed by atoms with Gasteiger partial charge in [-0.05, 0) is 73.4 Å². The quantitative estimate of drug-likeness (QED) is 0.428. The maximum atomic E-state index is 13.6. The lowest BCUT2D eigenvalue weighted by atomic mass is 9.99. The molecular weight excluding hydrogens is 518 g/mol. The molecule has 2 heterocycles. The first-order chi connectivity index (χ1) is 19.1. The predicted octanol–water partition coefficient (Wildman–Crippen LogP) is 4.53. The Balaban J connectivity index is 1.54. The van der Waals surface area contributed by atoms with E-state index in [-0.39, 0.29) is 42.2 Å². The summed E-state index contributed by atoms with van der Waals surface area (Å²) in [4.78, 5) is 34.0. The van der Waals surface area contributed by atoms with Gasteiger partial charge < -0.3 is 25.0 Å². The van der Waals surface area contributed by atoms with Gasteiger partial charge in [0.15, 0.2) is 0 Å². The number of aryl methyl sites for hydroxylation is 2. The van der Waals surface area contributed by atoms with Crippen LogP contribution in [0.15, 0.2) is 60.8 Å². The SMILES string of the molecule is C[C@H]1CN([C@@H](C)CO)C(=O)c2cc(CCc3ccc(F)cc3)cnc2O[C@H]1CN(C)C(=O)Nc1ccc(F)cc1. The number of aliphatic hydroxyl groups is 1. The van der Waals surface area contributed by atoms with E-state index in [0.29, 0.717) is 25.1 Å². The van der Waals surface area contributed by atoms with E-state index in [9.17, 15) is 23.5 Å². The third-order valence-corrected chi connectivity index (χ3v) is 7.09. The Hall–Kier alpha value is -4.05. The number of likely N-dealkylation sites (N-methyl/N-ethyl adjacent to an activating group) is 1. The number of hydrogen-bond donors (Lipinski definition) is 2. The second kappa shape index (κ2) is 12.9. The molecule has 2 aromatic carbocycles. The van der Waals surface area contributed by atoms with Gasteiger partial charge in [-0.15, -0.1) is 0 Å². The minimum atomic E-state index is -0.512. The molecule has 0 aliphatic carbocycles. The Labute approximate surface area is 232 Å². The van der Waals surface area contributed by atoms with Crippen molar-refractivity contribution in [2.45, 2.75) is 38.8 Å². The lowest BCUT2D eigenvalue weighted by Crippen LogP contribution is -2.50. The predicted molar refractivity (Wildman–Crippen MR) is 147 cm³/mol. The van der Waals surface area contributed by atoms with E-state index in [1.165, 1.54) is 41.3 Å². The highest BCUT2D eigenvalue weighted by Crippen LogP contribution is 2.28. The molecule has 40 heavy (non-hydrogen) atoms. The molecule has 8 nitrogen and oxygen atoms in total. The smallest absolute Gasteiger partial charge is 0.321 e. The molecule has 0 saturated carbocycles. The number of rotatable bonds is 8. The summed E-state index contributed by atoms with van der Waals surface area (Å²) in [5.41, 5.74) is 2.52. The molecule has 0 fully saturated rings. The number of hydrogen-bond acceptors (Lipinski definition) is 5. The fourth-order valence-electron chi connectivity index (χ4n) is 4.54. The third kappa shape index (κ3) is 7.12. The fourth-order valence-corrected chi connectivity index (χ4v) is 4.54. The summed E-state index contributed by atoms with van der Waals surface area (Å²) in [5.74, 6) is -1.03. The van der Waals surface area contributed by atoms with Crippen molar-refractivity contribution in [1.82, 2.24) is 14.8 Å². The molecule has 4 rings (SSSR count). The number of urea groups is 1. The van der Waals surface area contributed by atoms with E-state index in [4.69, 9.17) is 4.74 Å². The largest absolute Gasteiger partial charge is 0.472 e. The number of aliphatic hydroxyl groups excluding tert-OH is 1. The molecule has 2 N–H and O–H groups in total. The molecule has 1 aromatic heterocycles. The number of aromatic nitrogens is 1. The van der Waals surface area contributed by atoms with Crippen LogP contribution in [-0.4, -0.2) is 70.7 Å². The normalized spacial score (nSPS) is 17.8. The van der Waals surface area contributed by atoms with Gasteiger partial charge in [0.2, 0.25) is 5.88 Å². The van der Waals surface area contributed by atoms with Gasteiger partial charge >= 0.3 is 6.03 Å². The molecule has 0 radical (unpaired) electrons. The summed E-state index contributed by atoms with van der Waals surface area (Å²) in [5, 5.41) is 12.6. The van der Waals surface area contributed by atoms with Crippen LogP contribution in [0.2, 0.25) is 0 Å². The number of benzene rings is 2. The van der Waals surface area contributed by atoms with Gasteiger partial charge in [-0.1, -0.05) is 19.1 Å². The van der Waals surface area contributed by atoms with Crippen LogP contribution >= 0.6 is 0 Å². The summed E-state index contributed by atoms with van der Waals surface area (Å²) in [6, 6.07) is 12.7. The van der Waals surface area contributed by atoms with Gasteiger partial charge in [-0.2, -0.15) is 0 Å². The molecule has 3 atom stereocenters. The first kappa shape index (κ1) is 28.9. The molecule has 212 valence electrons. The van der Waals surface area contributed by atoms with Crippen molar-refractivity contribution in [3.05, 3.63) is 89.1 Å². The van der Waals surface area contributed by atoms with Crippen LogP contribution in [0.3, 0.4) is 0 Å². The Bertz CT molecular complexity index is 1320. The molecular formula is C30H34F2N4O4. The number of amides is 3. The van der Waals surface area contributed by atoms with Crippen molar-refractivity contribution >= 4 is 17.6 Å². The third-order valence-electron chi connectivity index (χ3n) is 7.09. The van der Waals surface area contributed by atoms with Crippen molar-refractivity contribution in [2.75, 3.05) is 32.1 Å². The van der Waals surface area contributed by atoms with E-state index in [1.54, 1.807) is 43.3 Å². The highest BCUT2D eigenvalue weighted by Gasteiger charge is 2.34. The minimum absolute atomic E-state index is 0.162. The Morgan fingerprint density at radius 1 is 1.12 bits per heavy atom. The van der Waals surface area contributed by atoms with Crippen LogP contribution < -0.4 is 10.1 Å². The molecule has 0 spiro atoms. The van der Waals surface area contributed by atoms with E-state index >= 15 is 0 Å². The van der Waals surface area contributed by atoms with Gasteiger partial charge in [0.1, 0.15) is 23.3 Å². The van der Waals surface area contributed by atoms with Gasteiger partial charge in [-0.3, -0.25) is 4.79 Å². The van der Waals surface area contributed by atoms with Crippen LogP contribution in [0.25, 0.3) is 0 Å². The average Bonchev–Trinajstić information content (AvgIpc) is 2.95. The zero-order chi connectivity index (χ0) is 28.8. The van der Waals surface area contributed by atoms with Gasteiger partial charge in [0.25, 0.3) is 5.91 Å². The van der Waals surface area contributed by atoms with E-state index in [1.807, 2.05) is 6.92 Å². The lowest BCUT2D eigenvalue weighted by Gasteiger charge is -2.37. The summed E-state index contributed by atoms with van der Waals surface area (Å²) >= 11 is 0. The zero-order valence-corrected chi connectivity index (χ0v) is 22.8. The maximum absolute atomic E-state index is 13.6. The number of nitrogens with zero attached hydrogens (tertiary/aromatic N) is 3. The Morgan fingerprint density at radius 2 is 1.75 bits per heavy atom. The maximum Gasteiger partial charge on any atom is 0.321 e. The molecule has 0 saturated heterocycles. The molecule has 0 bridgehead atoms. The number of nitrogens with one attached hydrogen (secondary N) is 1. The van der Waals surface area contributed by atoms with Crippen molar-refractivity contribution in [2.24, 2.45) is 5.92 Å². The number of anilines is 1. The molecule has 3 aromatic rings. The number of ether oxygens (including phenoxy) is 1. The number of carbonyl (C=O) groups excluding carboxylic acids is 2. The Kier molecular flexibility index (Phi) is 9.31. The van der Waals surface area contributed by atoms with Gasteiger partial charge in [0.05, 0.1) is 19.2 Å². The monoisotopic (exact) mass is 552 g/mol. The first-order valence-corrected chi connectivity index (χ1v) is 13.2. The van der Waals surface area contributed by atoms with Gasteiger partial charge in [0, 0.05) is 31.4 Å². The minimum Gasteiger partial charge on any atom is -0.472 e. The highest BCUT2D eigenvalue weighted by atomic mass is 19.1. The molecule has 10 heteroatoms. The standard InChI is InChI=1S/C30H34F2N4O4/c1-19-16-36(20(2)18-37)29(38)26-14-22(5-4-21-6-8-23(31)9-7-21)15-33-28(26)40-27(19)17-35(3)30(39)34-25-12-10-24(32)11-13-25/h6-15,19-20,27,37H,4-5,16-18H2,1-3H3,(H,34,39)/t19-,20-,27-/m0/s1. The lowest BCUT2D eigenvalue weighted by molar-refractivity contribution is 0.0356. The molecule has 3 amide bonds. The van der Waals surface area contributed by atoms with E-state index < -0.39 is 24.0 Å². The Morgan fingerprint density at radius 3 is 2.40 bits per heavy atom. The second-order valence-corrected chi connectivity index (χ2v) is 10.3. The van der Waals surface area contributed by atoms with Crippen LogP contribution in [0.4, 0.5) is 19.3 Å². The van der Waals surface area contributed by atoms with Crippen molar-refractivity contribution in [3.8, 4) is 5.88 Å². The highest BCUT2D eigenvalue weighted by molar-refractivity contribution is 5.97. The number of carbonyl (C=O) groups is 2. The van der Waals surface area contributed by atoms with Crippen LogP contribution in [0.5, 0.6) is 5.88 Å². The summed E-state index contributed by atoms with van der Waals surface area (Å²) in [6.45, 7) is 3.98. The number of fused-ring (bicyclic) bond motifs is 1. The summed E-state index contributed by atoms with van der Waals surface area (Å²) in [6.07, 6.45) is 2.37. The number of pyridine rings is 1.